The molecular formula is C14H13N5O2. The second-order valence-electron chi connectivity index (χ2n) is 4.51. The first-order valence-electron chi connectivity index (χ1n) is 6.51. The highest BCUT2D eigenvalue weighted by Gasteiger charge is 2.11. The fourth-order valence-corrected chi connectivity index (χ4v) is 2.19. The van der Waals surface area contributed by atoms with Crippen molar-refractivity contribution in [3.05, 3.63) is 46.8 Å². The van der Waals surface area contributed by atoms with Crippen molar-refractivity contribution in [3.63, 3.8) is 0 Å². The molecule has 0 spiro atoms. The molecule has 0 atom stereocenters. The maximum atomic E-state index is 10.9. The third-order valence-electron chi connectivity index (χ3n) is 3.14. The summed E-state index contributed by atoms with van der Waals surface area (Å²) in [5.41, 5.74) is 2.27. The number of non-ortho nitro benzene ring substituents is 1. The van der Waals surface area contributed by atoms with Crippen LogP contribution in [0.25, 0.3) is 22.3 Å². The molecule has 0 aliphatic rings. The van der Waals surface area contributed by atoms with E-state index >= 15 is 0 Å². The maximum Gasteiger partial charge on any atom is 0.270 e. The van der Waals surface area contributed by atoms with E-state index < -0.39 is 4.92 Å². The summed E-state index contributed by atoms with van der Waals surface area (Å²) in [6, 6.07) is 8.38. The Morgan fingerprint density at radius 2 is 2.19 bits per heavy atom. The molecule has 106 valence electrons. The molecule has 0 amide bonds. The summed E-state index contributed by atoms with van der Waals surface area (Å²) >= 11 is 0. The topological polar surface area (TPSA) is 96.7 Å². The van der Waals surface area contributed by atoms with Gasteiger partial charge in [0.15, 0.2) is 0 Å². The number of nitrogens with one attached hydrogen (secondary N) is 2. The highest BCUT2D eigenvalue weighted by molar-refractivity contribution is 5.91. The number of nitro benzene ring substituents is 1. The average Bonchev–Trinajstić information content (AvgIpc) is 2.93. The first kappa shape index (κ1) is 13.0. The van der Waals surface area contributed by atoms with Gasteiger partial charge in [0.1, 0.15) is 17.8 Å². The highest BCUT2D eigenvalue weighted by atomic mass is 16.6. The Morgan fingerprint density at radius 3 is 2.95 bits per heavy atom. The van der Waals surface area contributed by atoms with Gasteiger partial charge in [-0.15, -0.1) is 0 Å². The van der Waals surface area contributed by atoms with Crippen molar-refractivity contribution in [2.75, 3.05) is 11.9 Å². The van der Waals surface area contributed by atoms with E-state index in [1.54, 1.807) is 6.07 Å². The molecule has 0 saturated heterocycles. The van der Waals surface area contributed by atoms with Crippen molar-refractivity contribution in [1.82, 2.24) is 15.0 Å². The lowest BCUT2D eigenvalue weighted by Crippen LogP contribution is -1.99. The molecule has 7 nitrogen and oxygen atoms in total. The molecule has 0 saturated carbocycles. The van der Waals surface area contributed by atoms with Crippen LogP contribution in [0.4, 0.5) is 11.5 Å². The molecule has 7 heteroatoms. The predicted octanol–water partition coefficient (Wildman–Crippen LogP) is 2.96. The fourth-order valence-electron chi connectivity index (χ4n) is 2.19. The maximum absolute atomic E-state index is 10.9. The summed E-state index contributed by atoms with van der Waals surface area (Å²) in [7, 11) is 0. The molecule has 0 radical (unpaired) electrons. The van der Waals surface area contributed by atoms with Crippen LogP contribution in [-0.4, -0.2) is 26.4 Å². The van der Waals surface area contributed by atoms with Gasteiger partial charge in [0.25, 0.3) is 5.69 Å². The van der Waals surface area contributed by atoms with E-state index in [0.29, 0.717) is 5.65 Å². The van der Waals surface area contributed by atoms with Crippen LogP contribution in [0.2, 0.25) is 0 Å². The molecule has 0 aliphatic carbocycles. The number of hydrogen-bond acceptors (Lipinski definition) is 5. The zero-order valence-electron chi connectivity index (χ0n) is 11.3. The van der Waals surface area contributed by atoms with Gasteiger partial charge in [0, 0.05) is 29.9 Å². The lowest BCUT2D eigenvalue weighted by atomic mass is 10.1. The van der Waals surface area contributed by atoms with Gasteiger partial charge in [-0.25, -0.2) is 9.97 Å². The number of fused-ring (bicyclic) bond motifs is 1. The van der Waals surface area contributed by atoms with Gasteiger partial charge >= 0.3 is 0 Å². The van der Waals surface area contributed by atoms with Gasteiger partial charge < -0.3 is 10.3 Å². The van der Waals surface area contributed by atoms with Crippen LogP contribution in [0.15, 0.2) is 36.7 Å². The molecule has 2 heterocycles. The standard InChI is InChI=1S/C14H13N5O2/c1-2-15-13-11-7-12(18-14(11)17-8-16-13)9-4-3-5-10(6-9)19(20)21/h3-8H,2H2,1H3,(H2,15,16,17,18). The van der Waals surface area contributed by atoms with Crippen LogP contribution in [0.5, 0.6) is 0 Å². The fraction of sp³-hybridized carbons (Fsp3) is 0.143. The van der Waals surface area contributed by atoms with E-state index in [-0.39, 0.29) is 5.69 Å². The van der Waals surface area contributed by atoms with Crippen LogP contribution in [-0.2, 0) is 0 Å². The van der Waals surface area contributed by atoms with Crippen molar-refractivity contribution in [3.8, 4) is 11.3 Å². The van der Waals surface area contributed by atoms with E-state index in [1.807, 2.05) is 19.1 Å². The zero-order chi connectivity index (χ0) is 14.8. The Hall–Kier alpha value is -2.96. The van der Waals surface area contributed by atoms with E-state index in [1.165, 1.54) is 18.5 Å². The summed E-state index contributed by atoms with van der Waals surface area (Å²) in [5.74, 6) is 0.746. The molecule has 3 rings (SSSR count). The van der Waals surface area contributed by atoms with Crippen molar-refractivity contribution in [1.29, 1.82) is 0 Å². The molecule has 0 unspecified atom stereocenters. The predicted molar refractivity (Wildman–Crippen MR) is 80.1 cm³/mol. The molecule has 21 heavy (non-hydrogen) atoms. The molecule has 0 fully saturated rings. The van der Waals surface area contributed by atoms with Gasteiger partial charge in [0.05, 0.1) is 10.3 Å². The third-order valence-corrected chi connectivity index (χ3v) is 3.14. The Bertz CT molecular complexity index is 812. The molecule has 2 N–H and O–H groups in total. The number of nitro groups is 1. The number of anilines is 1. The Labute approximate surface area is 120 Å². The molecular weight excluding hydrogens is 270 g/mol. The minimum atomic E-state index is -0.407. The van der Waals surface area contributed by atoms with Gasteiger partial charge in [-0.3, -0.25) is 10.1 Å². The van der Waals surface area contributed by atoms with Crippen LogP contribution in [0.1, 0.15) is 6.92 Å². The van der Waals surface area contributed by atoms with E-state index in [4.69, 9.17) is 0 Å². The van der Waals surface area contributed by atoms with Crippen molar-refractivity contribution < 1.29 is 4.92 Å². The number of hydrogen-bond donors (Lipinski definition) is 2. The highest BCUT2D eigenvalue weighted by Crippen LogP contribution is 2.28. The first-order chi connectivity index (χ1) is 10.2. The number of aromatic amines is 1. The van der Waals surface area contributed by atoms with Crippen LogP contribution < -0.4 is 5.32 Å². The molecule has 0 aliphatic heterocycles. The second kappa shape index (κ2) is 5.20. The van der Waals surface area contributed by atoms with Gasteiger partial charge in [-0.2, -0.15) is 0 Å². The number of benzene rings is 1. The summed E-state index contributed by atoms with van der Waals surface area (Å²) in [5, 5.41) is 14.9. The van der Waals surface area contributed by atoms with Crippen molar-refractivity contribution in [2.24, 2.45) is 0 Å². The molecule has 0 bridgehead atoms. The van der Waals surface area contributed by atoms with Gasteiger partial charge in [-0.05, 0) is 13.0 Å². The van der Waals surface area contributed by atoms with Gasteiger partial charge in [-0.1, -0.05) is 12.1 Å². The third kappa shape index (κ3) is 2.40. The number of rotatable bonds is 4. The minimum absolute atomic E-state index is 0.0594. The lowest BCUT2D eigenvalue weighted by molar-refractivity contribution is -0.384. The second-order valence-corrected chi connectivity index (χ2v) is 4.51. The minimum Gasteiger partial charge on any atom is -0.370 e. The van der Waals surface area contributed by atoms with E-state index in [9.17, 15) is 10.1 Å². The number of nitrogens with zero attached hydrogens (tertiary/aromatic N) is 3. The van der Waals surface area contributed by atoms with Gasteiger partial charge in [0.2, 0.25) is 0 Å². The largest absolute Gasteiger partial charge is 0.370 e. The number of H-pyrrole nitrogens is 1. The van der Waals surface area contributed by atoms with Crippen molar-refractivity contribution >= 4 is 22.5 Å². The molecule has 1 aromatic carbocycles. The molecule has 3 aromatic rings. The van der Waals surface area contributed by atoms with E-state index in [2.05, 4.69) is 20.3 Å². The van der Waals surface area contributed by atoms with Crippen molar-refractivity contribution in [2.45, 2.75) is 6.92 Å². The summed E-state index contributed by atoms with van der Waals surface area (Å²) in [6.07, 6.45) is 1.48. The Morgan fingerprint density at radius 1 is 1.33 bits per heavy atom. The lowest BCUT2D eigenvalue weighted by Gasteiger charge is -2.01. The summed E-state index contributed by atoms with van der Waals surface area (Å²) in [4.78, 5) is 22.0. The normalized spacial score (nSPS) is 10.7. The quantitative estimate of drug-likeness (QED) is 0.566. The first-order valence-corrected chi connectivity index (χ1v) is 6.51. The SMILES string of the molecule is CCNc1ncnc2[nH]c(-c3cccc([N+](=O)[O-])c3)cc12. The van der Waals surface area contributed by atoms with E-state index in [0.717, 1.165) is 29.0 Å². The van der Waals surface area contributed by atoms with Crippen LogP contribution >= 0.6 is 0 Å². The summed E-state index contributed by atoms with van der Waals surface area (Å²) in [6.45, 7) is 2.74. The van der Waals surface area contributed by atoms with Crippen LogP contribution in [0.3, 0.4) is 0 Å². The molecule has 2 aromatic heterocycles. The zero-order valence-corrected chi connectivity index (χ0v) is 11.3. The smallest absolute Gasteiger partial charge is 0.270 e. The summed E-state index contributed by atoms with van der Waals surface area (Å²) < 4.78 is 0. The monoisotopic (exact) mass is 283 g/mol. The van der Waals surface area contributed by atoms with Crippen LogP contribution in [0, 0.1) is 10.1 Å². The average molecular weight is 283 g/mol. The Balaban J connectivity index is 2.11. The Kier molecular flexibility index (Phi) is 3.23. The number of aromatic nitrogens is 3.